The van der Waals surface area contributed by atoms with E-state index >= 15 is 0 Å². The van der Waals surface area contributed by atoms with Crippen molar-refractivity contribution in [2.45, 2.75) is 25.7 Å². The van der Waals surface area contributed by atoms with E-state index in [1.807, 2.05) is 0 Å². The van der Waals surface area contributed by atoms with Gasteiger partial charge in [-0.05, 0) is 41.9 Å². The van der Waals surface area contributed by atoms with Gasteiger partial charge in [-0.1, -0.05) is 6.92 Å². The number of rotatable bonds is 2. The molecule has 0 radical (unpaired) electrons. The summed E-state index contributed by atoms with van der Waals surface area (Å²) in [5, 5.41) is 4.44. The molecule has 0 unspecified atom stereocenters. The fraction of sp³-hybridized carbons (Fsp3) is 0.357. The molecular formula is C14H15N3O2S. The van der Waals surface area contributed by atoms with Gasteiger partial charge in [-0.2, -0.15) is 4.37 Å². The SMILES string of the molecule is C[C@@H]1CCc2c1cc(C(=O)Nc1cnsc1)c(=O)n2C. The molecule has 0 fully saturated rings. The zero-order valence-corrected chi connectivity index (χ0v) is 12.2. The van der Waals surface area contributed by atoms with Crippen LogP contribution in [0.5, 0.6) is 0 Å². The van der Waals surface area contributed by atoms with Crippen LogP contribution < -0.4 is 10.9 Å². The largest absolute Gasteiger partial charge is 0.320 e. The first-order chi connectivity index (χ1) is 9.58. The van der Waals surface area contributed by atoms with E-state index in [2.05, 4.69) is 16.6 Å². The Balaban J connectivity index is 2.02. The first kappa shape index (κ1) is 13.1. The monoisotopic (exact) mass is 289 g/mol. The van der Waals surface area contributed by atoms with Crippen molar-refractivity contribution in [1.29, 1.82) is 0 Å². The predicted molar refractivity (Wildman–Crippen MR) is 78.5 cm³/mol. The summed E-state index contributed by atoms with van der Waals surface area (Å²) in [6, 6.07) is 1.75. The molecule has 6 heteroatoms. The maximum Gasteiger partial charge on any atom is 0.263 e. The van der Waals surface area contributed by atoms with Crippen LogP contribution in [0.15, 0.2) is 22.4 Å². The third kappa shape index (κ3) is 2.06. The van der Waals surface area contributed by atoms with Crippen molar-refractivity contribution in [2.75, 3.05) is 5.32 Å². The Morgan fingerprint density at radius 1 is 1.55 bits per heavy atom. The number of aromatic nitrogens is 2. The topological polar surface area (TPSA) is 64.0 Å². The van der Waals surface area contributed by atoms with Crippen LogP contribution in [0.2, 0.25) is 0 Å². The highest BCUT2D eigenvalue weighted by molar-refractivity contribution is 7.04. The van der Waals surface area contributed by atoms with E-state index in [9.17, 15) is 9.59 Å². The van der Waals surface area contributed by atoms with Crippen LogP contribution >= 0.6 is 11.5 Å². The van der Waals surface area contributed by atoms with Crippen molar-refractivity contribution in [2.24, 2.45) is 7.05 Å². The Morgan fingerprint density at radius 2 is 2.35 bits per heavy atom. The van der Waals surface area contributed by atoms with Crippen molar-refractivity contribution >= 4 is 23.1 Å². The smallest absolute Gasteiger partial charge is 0.263 e. The molecule has 1 aliphatic carbocycles. The lowest BCUT2D eigenvalue weighted by molar-refractivity contribution is 0.102. The molecule has 0 aromatic carbocycles. The molecule has 5 nitrogen and oxygen atoms in total. The fourth-order valence-corrected chi connectivity index (χ4v) is 3.14. The molecule has 1 amide bonds. The Kier molecular flexibility index (Phi) is 3.17. The summed E-state index contributed by atoms with van der Waals surface area (Å²) in [5.74, 6) is 0.0267. The lowest BCUT2D eigenvalue weighted by Gasteiger charge is -2.11. The molecule has 0 saturated carbocycles. The number of fused-ring (bicyclic) bond motifs is 1. The molecule has 0 saturated heterocycles. The first-order valence-electron chi connectivity index (χ1n) is 6.51. The number of hydrogen-bond acceptors (Lipinski definition) is 4. The van der Waals surface area contributed by atoms with Gasteiger partial charge in [-0.3, -0.25) is 9.59 Å². The minimum Gasteiger partial charge on any atom is -0.320 e. The number of nitrogens with one attached hydrogen (secondary N) is 1. The molecule has 104 valence electrons. The Hall–Kier alpha value is -1.95. The molecule has 1 N–H and O–H groups in total. The zero-order chi connectivity index (χ0) is 14.3. The van der Waals surface area contributed by atoms with Crippen LogP contribution in [-0.4, -0.2) is 14.8 Å². The molecule has 1 atom stereocenters. The highest BCUT2D eigenvalue weighted by Crippen LogP contribution is 2.31. The minimum absolute atomic E-state index is 0.200. The molecular weight excluding hydrogens is 274 g/mol. The second-order valence-electron chi connectivity index (χ2n) is 5.13. The van der Waals surface area contributed by atoms with Crippen molar-refractivity contribution in [1.82, 2.24) is 8.94 Å². The fourth-order valence-electron chi connectivity index (χ4n) is 2.67. The highest BCUT2D eigenvalue weighted by atomic mass is 32.1. The number of carbonyl (C=O) groups excluding carboxylic acids is 1. The van der Waals surface area contributed by atoms with Gasteiger partial charge in [0.25, 0.3) is 11.5 Å². The highest BCUT2D eigenvalue weighted by Gasteiger charge is 2.25. The summed E-state index contributed by atoms with van der Waals surface area (Å²) in [6.07, 6.45) is 3.50. The van der Waals surface area contributed by atoms with Gasteiger partial charge in [0.15, 0.2) is 0 Å². The van der Waals surface area contributed by atoms with Crippen molar-refractivity contribution in [3.63, 3.8) is 0 Å². The molecule has 1 aliphatic rings. The first-order valence-corrected chi connectivity index (χ1v) is 7.35. The predicted octanol–water partition coefficient (Wildman–Crippen LogP) is 2.14. The molecule has 20 heavy (non-hydrogen) atoms. The molecule has 0 aliphatic heterocycles. The Morgan fingerprint density at radius 3 is 3.05 bits per heavy atom. The Bertz CT molecular complexity index is 719. The maximum atomic E-state index is 12.3. The number of carbonyl (C=O) groups is 1. The average molecular weight is 289 g/mol. The van der Waals surface area contributed by atoms with Crippen molar-refractivity contribution in [3.05, 3.63) is 44.8 Å². The minimum atomic E-state index is -0.368. The van der Waals surface area contributed by atoms with Crippen LogP contribution in [0, 0.1) is 0 Å². The van der Waals surface area contributed by atoms with Gasteiger partial charge < -0.3 is 9.88 Å². The maximum absolute atomic E-state index is 12.3. The Labute approximate surface area is 120 Å². The van der Waals surface area contributed by atoms with E-state index in [1.165, 1.54) is 11.5 Å². The molecule has 0 bridgehead atoms. The van der Waals surface area contributed by atoms with Crippen LogP contribution in [-0.2, 0) is 13.5 Å². The van der Waals surface area contributed by atoms with Gasteiger partial charge in [0.05, 0.1) is 11.9 Å². The molecule has 3 rings (SSSR count). The standard InChI is InChI=1S/C14H15N3O2S/c1-8-3-4-12-10(8)5-11(14(19)17(12)2)13(18)16-9-6-15-20-7-9/h5-8H,3-4H2,1-2H3,(H,16,18)/t8-/m1/s1. The van der Waals surface area contributed by atoms with E-state index < -0.39 is 0 Å². The molecule has 2 aromatic heterocycles. The van der Waals surface area contributed by atoms with Gasteiger partial charge in [-0.25, -0.2) is 0 Å². The van der Waals surface area contributed by atoms with E-state index in [0.29, 0.717) is 11.6 Å². The van der Waals surface area contributed by atoms with Crippen molar-refractivity contribution in [3.8, 4) is 0 Å². The summed E-state index contributed by atoms with van der Waals surface area (Å²) < 4.78 is 5.53. The van der Waals surface area contributed by atoms with Crippen LogP contribution in [0.1, 0.15) is 40.9 Å². The second kappa shape index (κ2) is 4.86. The van der Waals surface area contributed by atoms with Gasteiger partial charge in [-0.15, -0.1) is 0 Å². The lowest BCUT2D eigenvalue weighted by Crippen LogP contribution is -2.29. The van der Waals surface area contributed by atoms with Crippen LogP contribution in [0.25, 0.3) is 0 Å². The number of hydrogen-bond donors (Lipinski definition) is 1. The van der Waals surface area contributed by atoms with Crippen LogP contribution in [0.4, 0.5) is 5.69 Å². The summed E-state index contributed by atoms with van der Waals surface area (Å²) in [6.45, 7) is 2.13. The quantitative estimate of drug-likeness (QED) is 0.921. The van der Waals surface area contributed by atoms with Gasteiger partial charge in [0.2, 0.25) is 0 Å². The van der Waals surface area contributed by atoms with Crippen LogP contribution in [0.3, 0.4) is 0 Å². The van der Waals surface area contributed by atoms with Gasteiger partial charge in [0, 0.05) is 18.1 Å². The van der Waals surface area contributed by atoms with Crippen molar-refractivity contribution < 1.29 is 4.79 Å². The number of amides is 1. The second-order valence-corrected chi connectivity index (χ2v) is 5.79. The van der Waals surface area contributed by atoms with E-state index in [4.69, 9.17) is 0 Å². The van der Waals surface area contributed by atoms with E-state index in [1.54, 1.807) is 29.3 Å². The number of nitrogens with zero attached hydrogens (tertiary/aromatic N) is 2. The van der Waals surface area contributed by atoms with Gasteiger partial charge >= 0.3 is 0 Å². The van der Waals surface area contributed by atoms with Gasteiger partial charge in [0.1, 0.15) is 5.56 Å². The summed E-state index contributed by atoms with van der Waals surface area (Å²) >= 11 is 1.26. The summed E-state index contributed by atoms with van der Waals surface area (Å²) in [5.41, 5.74) is 2.75. The number of anilines is 1. The molecule has 0 spiro atoms. The summed E-state index contributed by atoms with van der Waals surface area (Å²) in [7, 11) is 1.74. The third-order valence-corrected chi connectivity index (χ3v) is 4.44. The lowest BCUT2D eigenvalue weighted by atomic mass is 10.0. The average Bonchev–Trinajstić information content (AvgIpc) is 3.04. The molecule has 2 aromatic rings. The normalized spacial score (nSPS) is 17.0. The van der Waals surface area contributed by atoms with E-state index in [-0.39, 0.29) is 17.0 Å². The number of pyridine rings is 1. The third-order valence-electron chi connectivity index (χ3n) is 3.85. The summed E-state index contributed by atoms with van der Waals surface area (Å²) in [4.78, 5) is 24.5. The zero-order valence-electron chi connectivity index (χ0n) is 11.3. The molecule has 2 heterocycles. The van der Waals surface area contributed by atoms with E-state index in [0.717, 1.165) is 24.1 Å².